The number of hydrogen-bond acceptors (Lipinski definition) is 4. The van der Waals surface area contributed by atoms with Gasteiger partial charge >= 0.3 is 0 Å². The van der Waals surface area contributed by atoms with Gasteiger partial charge < -0.3 is 9.73 Å². The van der Waals surface area contributed by atoms with Gasteiger partial charge in [0.2, 0.25) is 5.95 Å². The first-order valence-corrected chi connectivity index (χ1v) is 5.40. The molecule has 3 aromatic heterocycles. The number of nitrogens with zero attached hydrogens (tertiary/aromatic N) is 3. The van der Waals surface area contributed by atoms with Crippen LogP contribution in [0.1, 0.15) is 11.3 Å². The monoisotopic (exact) mass is 228 g/mol. The van der Waals surface area contributed by atoms with Crippen molar-refractivity contribution in [2.24, 2.45) is 0 Å². The molecule has 17 heavy (non-hydrogen) atoms. The standard InChI is InChI=1S/C12H12N4O/c1-9-3-2-4-11-14-12(15-16(9)11)13-7-10-5-6-17-8-10/h2-6,8H,7H2,1H3,(H,13,15). The van der Waals surface area contributed by atoms with Gasteiger partial charge in [0.25, 0.3) is 0 Å². The van der Waals surface area contributed by atoms with Crippen molar-refractivity contribution >= 4 is 11.6 Å². The average Bonchev–Trinajstić information content (AvgIpc) is 2.95. The van der Waals surface area contributed by atoms with Gasteiger partial charge in [-0.2, -0.15) is 4.98 Å². The molecule has 0 atom stereocenters. The van der Waals surface area contributed by atoms with Gasteiger partial charge in [-0.05, 0) is 25.1 Å². The zero-order chi connectivity index (χ0) is 11.7. The highest BCUT2D eigenvalue weighted by molar-refractivity contribution is 5.44. The van der Waals surface area contributed by atoms with Gasteiger partial charge in [0.15, 0.2) is 5.65 Å². The molecule has 0 spiro atoms. The minimum atomic E-state index is 0.625. The summed E-state index contributed by atoms with van der Waals surface area (Å²) in [6.07, 6.45) is 3.35. The molecule has 0 saturated carbocycles. The van der Waals surface area contributed by atoms with Crippen LogP contribution in [0.4, 0.5) is 5.95 Å². The SMILES string of the molecule is Cc1cccc2nc(NCc3ccoc3)nn12. The second-order valence-electron chi connectivity index (χ2n) is 3.86. The zero-order valence-electron chi connectivity index (χ0n) is 9.42. The molecule has 0 fully saturated rings. The summed E-state index contributed by atoms with van der Waals surface area (Å²) in [5.41, 5.74) is 2.98. The van der Waals surface area contributed by atoms with Gasteiger partial charge in [0, 0.05) is 17.8 Å². The highest BCUT2D eigenvalue weighted by atomic mass is 16.3. The summed E-state index contributed by atoms with van der Waals surface area (Å²) in [7, 11) is 0. The van der Waals surface area contributed by atoms with E-state index in [0.29, 0.717) is 12.5 Å². The second kappa shape index (κ2) is 3.93. The van der Waals surface area contributed by atoms with Crippen LogP contribution < -0.4 is 5.32 Å². The Labute approximate surface area is 98.1 Å². The topological polar surface area (TPSA) is 55.4 Å². The summed E-state index contributed by atoms with van der Waals surface area (Å²) < 4.78 is 6.81. The summed E-state index contributed by atoms with van der Waals surface area (Å²) >= 11 is 0. The summed E-state index contributed by atoms with van der Waals surface area (Å²) in [6.45, 7) is 2.66. The van der Waals surface area contributed by atoms with Gasteiger partial charge in [-0.15, -0.1) is 5.10 Å². The van der Waals surface area contributed by atoms with Crippen LogP contribution in [0.2, 0.25) is 0 Å². The molecule has 0 aliphatic carbocycles. The molecule has 86 valence electrons. The molecular weight excluding hydrogens is 216 g/mol. The highest BCUT2D eigenvalue weighted by Crippen LogP contribution is 2.09. The van der Waals surface area contributed by atoms with E-state index in [1.54, 1.807) is 12.5 Å². The lowest BCUT2D eigenvalue weighted by Gasteiger charge is -1.97. The van der Waals surface area contributed by atoms with Crippen LogP contribution in [0, 0.1) is 6.92 Å². The van der Waals surface area contributed by atoms with Crippen molar-refractivity contribution in [3.63, 3.8) is 0 Å². The molecule has 0 radical (unpaired) electrons. The van der Waals surface area contributed by atoms with E-state index >= 15 is 0 Å². The van der Waals surface area contributed by atoms with Crippen LogP contribution in [-0.4, -0.2) is 14.6 Å². The third-order valence-corrected chi connectivity index (χ3v) is 2.58. The van der Waals surface area contributed by atoms with Crippen molar-refractivity contribution in [3.8, 4) is 0 Å². The predicted octanol–water partition coefficient (Wildman–Crippen LogP) is 2.24. The number of aryl methyl sites for hydroxylation is 1. The van der Waals surface area contributed by atoms with Gasteiger partial charge in [0.1, 0.15) is 0 Å². The highest BCUT2D eigenvalue weighted by Gasteiger charge is 2.04. The first-order chi connectivity index (χ1) is 8.33. The fourth-order valence-electron chi connectivity index (χ4n) is 1.68. The predicted molar refractivity (Wildman–Crippen MR) is 63.8 cm³/mol. The fourth-order valence-corrected chi connectivity index (χ4v) is 1.68. The van der Waals surface area contributed by atoms with E-state index in [2.05, 4.69) is 15.4 Å². The molecule has 0 aliphatic heterocycles. The van der Waals surface area contributed by atoms with Gasteiger partial charge in [-0.25, -0.2) is 4.52 Å². The van der Waals surface area contributed by atoms with E-state index < -0.39 is 0 Å². The van der Waals surface area contributed by atoms with Crippen LogP contribution in [0.5, 0.6) is 0 Å². The van der Waals surface area contributed by atoms with E-state index in [0.717, 1.165) is 16.9 Å². The van der Waals surface area contributed by atoms with Crippen LogP contribution in [0.3, 0.4) is 0 Å². The van der Waals surface area contributed by atoms with Crippen molar-refractivity contribution in [3.05, 3.63) is 48.0 Å². The Hall–Kier alpha value is -2.30. The summed E-state index contributed by atoms with van der Waals surface area (Å²) in [5.74, 6) is 0.625. The van der Waals surface area contributed by atoms with Crippen molar-refractivity contribution in [1.29, 1.82) is 0 Å². The Morgan fingerprint density at radius 2 is 2.29 bits per heavy atom. The molecule has 3 aromatic rings. The van der Waals surface area contributed by atoms with Crippen LogP contribution in [0.15, 0.2) is 41.2 Å². The van der Waals surface area contributed by atoms with Crippen LogP contribution in [0.25, 0.3) is 5.65 Å². The zero-order valence-corrected chi connectivity index (χ0v) is 9.42. The molecule has 0 bridgehead atoms. The van der Waals surface area contributed by atoms with E-state index in [1.807, 2.05) is 35.7 Å². The molecule has 0 aliphatic rings. The molecule has 0 aromatic carbocycles. The molecule has 1 N–H and O–H groups in total. The number of fused-ring (bicyclic) bond motifs is 1. The number of furan rings is 1. The molecule has 5 nitrogen and oxygen atoms in total. The van der Waals surface area contributed by atoms with Crippen molar-refractivity contribution in [1.82, 2.24) is 14.6 Å². The van der Waals surface area contributed by atoms with Crippen molar-refractivity contribution in [2.75, 3.05) is 5.32 Å². The van der Waals surface area contributed by atoms with Crippen molar-refractivity contribution in [2.45, 2.75) is 13.5 Å². The third-order valence-electron chi connectivity index (χ3n) is 2.58. The van der Waals surface area contributed by atoms with Crippen LogP contribution in [-0.2, 0) is 6.54 Å². The molecule has 3 rings (SSSR count). The first kappa shape index (κ1) is 9.89. The summed E-state index contributed by atoms with van der Waals surface area (Å²) in [4.78, 5) is 4.38. The number of hydrogen-bond donors (Lipinski definition) is 1. The smallest absolute Gasteiger partial charge is 0.243 e. The maximum Gasteiger partial charge on any atom is 0.243 e. The van der Waals surface area contributed by atoms with Crippen LogP contribution >= 0.6 is 0 Å². The Morgan fingerprint density at radius 1 is 1.35 bits per heavy atom. The molecular formula is C12H12N4O. The van der Waals surface area contributed by atoms with E-state index in [1.165, 1.54) is 0 Å². The third kappa shape index (κ3) is 1.87. The van der Waals surface area contributed by atoms with Gasteiger partial charge in [-0.3, -0.25) is 0 Å². The molecule has 0 unspecified atom stereocenters. The number of rotatable bonds is 3. The minimum Gasteiger partial charge on any atom is -0.472 e. The quantitative estimate of drug-likeness (QED) is 0.747. The van der Waals surface area contributed by atoms with Gasteiger partial charge in [0.05, 0.1) is 12.5 Å². The van der Waals surface area contributed by atoms with Gasteiger partial charge in [-0.1, -0.05) is 6.07 Å². The number of nitrogens with one attached hydrogen (secondary N) is 1. The Morgan fingerprint density at radius 3 is 3.06 bits per heavy atom. The summed E-state index contributed by atoms with van der Waals surface area (Å²) in [6, 6.07) is 7.82. The first-order valence-electron chi connectivity index (χ1n) is 5.40. The Kier molecular flexibility index (Phi) is 2.29. The lowest BCUT2D eigenvalue weighted by atomic mass is 10.3. The second-order valence-corrected chi connectivity index (χ2v) is 3.86. The van der Waals surface area contributed by atoms with E-state index in [-0.39, 0.29) is 0 Å². The minimum absolute atomic E-state index is 0.625. The average molecular weight is 228 g/mol. The largest absolute Gasteiger partial charge is 0.472 e. The number of pyridine rings is 1. The molecule has 5 heteroatoms. The van der Waals surface area contributed by atoms with Crippen molar-refractivity contribution < 1.29 is 4.42 Å². The summed E-state index contributed by atoms with van der Waals surface area (Å²) in [5, 5.41) is 7.54. The van der Waals surface area contributed by atoms with E-state index in [4.69, 9.17) is 4.42 Å². The maximum atomic E-state index is 4.99. The molecule has 3 heterocycles. The Bertz CT molecular complexity index is 627. The lowest BCUT2D eigenvalue weighted by Crippen LogP contribution is -2.00. The molecule has 0 saturated heterocycles. The Balaban J connectivity index is 1.84. The molecule has 0 amide bonds. The van der Waals surface area contributed by atoms with E-state index in [9.17, 15) is 0 Å². The number of anilines is 1. The normalized spacial score (nSPS) is 10.9. The number of aromatic nitrogens is 3. The maximum absolute atomic E-state index is 4.99. The lowest BCUT2D eigenvalue weighted by molar-refractivity contribution is 0.564. The fraction of sp³-hybridized carbons (Fsp3) is 0.167.